The van der Waals surface area contributed by atoms with Crippen molar-refractivity contribution in [3.63, 3.8) is 0 Å². The Hall–Kier alpha value is -2.98. The number of ether oxygens (including phenoxy) is 2. The molecule has 1 atom stereocenters. The molecular weight excluding hydrogens is 434 g/mol. The van der Waals surface area contributed by atoms with Crippen LogP contribution in [0.15, 0.2) is 23.0 Å². The molecule has 6 rings (SSSR count). The number of aromatic nitrogens is 5. The molecule has 1 saturated heterocycles. The average molecular weight is 466 g/mol. The van der Waals surface area contributed by atoms with Crippen LogP contribution in [0.2, 0.25) is 0 Å². The number of fused-ring (bicyclic) bond motifs is 2. The summed E-state index contributed by atoms with van der Waals surface area (Å²) in [6.45, 7) is 7.05. The van der Waals surface area contributed by atoms with E-state index < -0.39 is 0 Å². The number of likely N-dealkylation sites (N-methyl/N-ethyl adjacent to an activating group) is 1. The van der Waals surface area contributed by atoms with Gasteiger partial charge >= 0.3 is 0 Å². The lowest BCUT2D eigenvalue weighted by Gasteiger charge is -2.38. The van der Waals surface area contributed by atoms with Gasteiger partial charge in [0.05, 0.1) is 11.6 Å². The monoisotopic (exact) mass is 465 g/mol. The fourth-order valence-corrected chi connectivity index (χ4v) is 5.62. The van der Waals surface area contributed by atoms with Gasteiger partial charge in [-0.3, -0.25) is 9.69 Å². The number of benzene rings is 1. The minimum atomic E-state index is -0.311. The molecule has 0 radical (unpaired) electrons. The molecule has 0 unspecified atom stereocenters. The topological polar surface area (TPSA) is 101 Å². The molecule has 2 aromatic heterocycles. The van der Waals surface area contributed by atoms with Crippen molar-refractivity contribution in [2.24, 2.45) is 0 Å². The smallest absolute Gasteiger partial charge is 0.253 e. The van der Waals surface area contributed by atoms with Gasteiger partial charge in [-0.1, -0.05) is 26.2 Å². The van der Waals surface area contributed by atoms with Gasteiger partial charge in [-0.25, -0.2) is 4.68 Å². The maximum atomic E-state index is 13.5. The molecular formula is C24H31N7O3. The SMILES string of the molecule is CCN1CCN([C@@H](c2cc3cc4c(cc3[nH]c2=O)OCO4)c2nnnn2C2CCCCC2)CC1. The van der Waals surface area contributed by atoms with Crippen molar-refractivity contribution in [3.8, 4) is 11.5 Å². The molecule has 10 nitrogen and oxygen atoms in total. The van der Waals surface area contributed by atoms with E-state index >= 15 is 0 Å². The molecule has 2 fully saturated rings. The Morgan fingerprint density at radius 2 is 1.82 bits per heavy atom. The third-order valence-corrected chi connectivity index (χ3v) is 7.56. The van der Waals surface area contributed by atoms with Crippen LogP contribution >= 0.6 is 0 Å². The van der Waals surface area contributed by atoms with E-state index in [1.807, 2.05) is 22.9 Å². The Labute approximate surface area is 197 Å². The van der Waals surface area contributed by atoms with Crippen LogP contribution in [0.5, 0.6) is 11.5 Å². The number of nitrogens with one attached hydrogen (secondary N) is 1. The van der Waals surface area contributed by atoms with Crippen LogP contribution in [-0.4, -0.2) is 74.5 Å². The van der Waals surface area contributed by atoms with E-state index in [4.69, 9.17) is 9.47 Å². The first-order chi connectivity index (χ1) is 16.7. The summed E-state index contributed by atoms with van der Waals surface area (Å²) in [6.07, 6.45) is 5.79. The molecule has 10 heteroatoms. The Bertz CT molecular complexity index is 1230. The summed E-state index contributed by atoms with van der Waals surface area (Å²) >= 11 is 0. The molecule has 3 aliphatic rings. The van der Waals surface area contributed by atoms with Crippen molar-refractivity contribution in [1.82, 2.24) is 35.0 Å². The number of piperazine rings is 1. The lowest BCUT2D eigenvalue weighted by Crippen LogP contribution is -2.49. The van der Waals surface area contributed by atoms with Gasteiger partial charge in [0.15, 0.2) is 17.3 Å². The van der Waals surface area contributed by atoms with Crippen LogP contribution in [0.4, 0.5) is 0 Å². The van der Waals surface area contributed by atoms with Gasteiger partial charge < -0.3 is 19.4 Å². The van der Waals surface area contributed by atoms with E-state index in [0.717, 1.165) is 62.3 Å². The molecule has 1 saturated carbocycles. The van der Waals surface area contributed by atoms with Gasteiger partial charge in [0.2, 0.25) is 6.79 Å². The van der Waals surface area contributed by atoms with E-state index in [2.05, 4.69) is 37.2 Å². The normalized spacial score (nSPS) is 20.7. The van der Waals surface area contributed by atoms with Gasteiger partial charge in [-0.15, -0.1) is 5.10 Å². The molecule has 180 valence electrons. The van der Waals surface area contributed by atoms with Crippen molar-refractivity contribution in [2.75, 3.05) is 39.5 Å². The number of rotatable bonds is 5. The number of aromatic amines is 1. The predicted octanol–water partition coefficient (Wildman–Crippen LogP) is 2.48. The zero-order valence-corrected chi connectivity index (χ0v) is 19.6. The van der Waals surface area contributed by atoms with Crippen LogP contribution in [0.1, 0.15) is 62.5 Å². The Kier molecular flexibility index (Phi) is 5.70. The van der Waals surface area contributed by atoms with Crippen LogP contribution in [0, 0.1) is 0 Å². The summed E-state index contributed by atoms with van der Waals surface area (Å²) in [5.41, 5.74) is 1.29. The molecule has 34 heavy (non-hydrogen) atoms. The maximum Gasteiger partial charge on any atom is 0.253 e. The number of pyridine rings is 1. The number of H-pyrrole nitrogens is 1. The first kappa shape index (κ1) is 21.5. The Balaban J connectivity index is 1.45. The number of hydrogen-bond acceptors (Lipinski definition) is 8. The molecule has 3 aromatic rings. The first-order valence-electron chi connectivity index (χ1n) is 12.4. The summed E-state index contributed by atoms with van der Waals surface area (Å²) < 4.78 is 13.1. The molecule has 1 aliphatic carbocycles. The van der Waals surface area contributed by atoms with Crippen LogP contribution in [-0.2, 0) is 0 Å². The summed E-state index contributed by atoms with van der Waals surface area (Å²) in [5, 5.41) is 13.9. The summed E-state index contributed by atoms with van der Waals surface area (Å²) in [7, 11) is 0. The third kappa shape index (κ3) is 3.84. The molecule has 4 heterocycles. The minimum absolute atomic E-state index is 0.118. The zero-order chi connectivity index (χ0) is 23.1. The van der Waals surface area contributed by atoms with E-state index in [1.54, 1.807) is 0 Å². The molecule has 1 N–H and O–H groups in total. The Morgan fingerprint density at radius 1 is 1.06 bits per heavy atom. The average Bonchev–Trinajstić information content (AvgIpc) is 3.54. The minimum Gasteiger partial charge on any atom is -0.454 e. The van der Waals surface area contributed by atoms with Crippen molar-refractivity contribution < 1.29 is 9.47 Å². The summed E-state index contributed by atoms with van der Waals surface area (Å²) in [5.74, 6) is 2.12. The second kappa shape index (κ2) is 8.99. The largest absolute Gasteiger partial charge is 0.454 e. The highest BCUT2D eigenvalue weighted by Crippen LogP contribution is 2.37. The van der Waals surface area contributed by atoms with E-state index in [1.165, 1.54) is 19.3 Å². The quantitative estimate of drug-likeness (QED) is 0.613. The van der Waals surface area contributed by atoms with Gasteiger partial charge in [-0.2, -0.15) is 0 Å². The van der Waals surface area contributed by atoms with Gasteiger partial charge in [0.1, 0.15) is 6.04 Å². The summed E-state index contributed by atoms with van der Waals surface area (Å²) in [6, 6.07) is 5.73. The number of nitrogens with zero attached hydrogens (tertiary/aromatic N) is 6. The van der Waals surface area contributed by atoms with Gasteiger partial charge in [-0.05, 0) is 41.9 Å². The Morgan fingerprint density at radius 3 is 2.59 bits per heavy atom. The predicted molar refractivity (Wildman–Crippen MR) is 126 cm³/mol. The molecule has 2 aliphatic heterocycles. The highest BCUT2D eigenvalue weighted by atomic mass is 16.7. The fourth-order valence-electron chi connectivity index (χ4n) is 5.62. The van der Waals surface area contributed by atoms with Crippen molar-refractivity contribution in [2.45, 2.75) is 51.1 Å². The summed E-state index contributed by atoms with van der Waals surface area (Å²) in [4.78, 5) is 21.4. The molecule has 0 spiro atoms. The van der Waals surface area contributed by atoms with Crippen molar-refractivity contribution in [3.05, 3.63) is 39.9 Å². The third-order valence-electron chi connectivity index (χ3n) is 7.56. The lowest BCUT2D eigenvalue weighted by atomic mass is 9.95. The molecule has 0 bridgehead atoms. The van der Waals surface area contributed by atoms with Crippen LogP contribution in [0.3, 0.4) is 0 Å². The fraction of sp³-hybridized carbons (Fsp3) is 0.583. The van der Waals surface area contributed by atoms with Crippen molar-refractivity contribution in [1.29, 1.82) is 0 Å². The molecule has 1 aromatic carbocycles. The lowest BCUT2D eigenvalue weighted by molar-refractivity contribution is 0.106. The van der Waals surface area contributed by atoms with E-state index in [0.29, 0.717) is 17.1 Å². The van der Waals surface area contributed by atoms with E-state index in [-0.39, 0.29) is 24.4 Å². The maximum absolute atomic E-state index is 13.5. The first-order valence-corrected chi connectivity index (χ1v) is 12.4. The molecule has 0 amide bonds. The highest BCUT2D eigenvalue weighted by molar-refractivity contribution is 5.83. The van der Waals surface area contributed by atoms with Crippen molar-refractivity contribution >= 4 is 10.9 Å². The highest BCUT2D eigenvalue weighted by Gasteiger charge is 2.34. The standard InChI is InChI=1S/C24H31N7O3/c1-2-29-8-10-30(11-9-29)22(23-26-27-28-31(23)17-6-4-3-5-7-17)18-12-16-13-20-21(34-15-33-20)14-19(16)25-24(18)32/h12-14,17,22H,2-11,15H2,1H3,(H,25,32)/t22-/m0/s1. The zero-order valence-electron chi connectivity index (χ0n) is 19.6. The number of tetrazole rings is 1. The second-order valence-corrected chi connectivity index (χ2v) is 9.49. The van der Waals surface area contributed by atoms with Crippen LogP contribution in [0.25, 0.3) is 10.9 Å². The van der Waals surface area contributed by atoms with Crippen LogP contribution < -0.4 is 15.0 Å². The second-order valence-electron chi connectivity index (χ2n) is 9.49. The van der Waals surface area contributed by atoms with Gasteiger partial charge in [0, 0.05) is 43.2 Å². The number of hydrogen-bond donors (Lipinski definition) is 1. The van der Waals surface area contributed by atoms with E-state index in [9.17, 15) is 4.79 Å². The van der Waals surface area contributed by atoms with Gasteiger partial charge in [0.25, 0.3) is 5.56 Å².